The minimum absolute atomic E-state index is 0.00161. The summed E-state index contributed by atoms with van der Waals surface area (Å²) in [6.07, 6.45) is 8.70. The SMILES string of the molecule is C[C@@]12CCC(=O)C=C1CC[C@H]1C2CC[C@]2(C)C1CC[C@H]2OC(=O)O. The molecule has 6 atom stereocenters. The summed E-state index contributed by atoms with van der Waals surface area (Å²) < 4.78 is 5.27. The molecule has 3 fully saturated rings. The van der Waals surface area contributed by atoms with E-state index in [9.17, 15) is 9.59 Å². The van der Waals surface area contributed by atoms with E-state index in [0.717, 1.165) is 44.9 Å². The smallest absolute Gasteiger partial charge is 0.450 e. The van der Waals surface area contributed by atoms with Gasteiger partial charge in [0.15, 0.2) is 5.78 Å². The number of carboxylic acid groups (broad SMARTS) is 1. The first-order chi connectivity index (χ1) is 11.3. The Morgan fingerprint density at radius 2 is 1.92 bits per heavy atom. The van der Waals surface area contributed by atoms with Gasteiger partial charge < -0.3 is 9.84 Å². The van der Waals surface area contributed by atoms with Gasteiger partial charge in [-0.2, -0.15) is 0 Å². The molecule has 4 aliphatic carbocycles. The van der Waals surface area contributed by atoms with Crippen LogP contribution in [0.4, 0.5) is 4.79 Å². The third kappa shape index (κ3) is 2.18. The van der Waals surface area contributed by atoms with Crippen LogP contribution in [0.1, 0.15) is 65.2 Å². The lowest BCUT2D eigenvalue weighted by Crippen LogP contribution is -2.51. The quantitative estimate of drug-likeness (QED) is 0.714. The lowest BCUT2D eigenvalue weighted by molar-refractivity contribution is -0.118. The molecule has 24 heavy (non-hydrogen) atoms. The summed E-state index contributed by atoms with van der Waals surface area (Å²) in [5.41, 5.74) is 1.57. The topological polar surface area (TPSA) is 63.6 Å². The highest BCUT2D eigenvalue weighted by Gasteiger charge is 2.59. The molecule has 4 rings (SSSR count). The number of rotatable bonds is 1. The maximum Gasteiger partial charge on any atom is 0.506 e. The van der Waals surface area contributed by atoms with E-state index >= 15 is 0 Å². The minimum Gasteiger partial charge on any atom is -0.450 e. The molecule has 0 aromatic heterocycles. The monoisotopic (exact) mass is 332 g/mol. The lowest BCUT2D eigenvalue weighted by Gasteiger charge is -2.57. The van der Waals surface area contributed by atoms with E-state index in [-0.39, 0.29) is 16.9 Å². The summed E-state index contributed by atoms with van der Waals surface area (Å²) in [5, 5.41) is 9.07. The van der Waals surface area contributed by atoms with Gasteiger partial charge in [0.25, 0.3) is 0 Å². The van der Waals surface area contributed by atoms with Crippen molar-refractivity contribution in [1.82, 2.24) is 0 Å². The van der Waals surface area contributed by atoms with Gasteiger partial charge in [-0.1, -0.05) is 19.4 Å². The zero-order valence-corrected chi connectivity index (χ0v) is 14.7. The van der Waals surface area contributed by atoms with Gasteiger partial charge in [-0.3, -0.25) is 4.79 Å². The molecule has 0 saturated heterocycles. The second kappa shape index (κ2) is 5.34. The number of fused-ring (bicyclic) bond motifs is 5. The number of allylic oxidation sites excluding steroid dienone is 1. The maximum absolute atomic E-state index is 11.9. The number of hydrogen-bond acceptors (Lipinski definition) is 3. The minimum atomic E-state index is -1.13. The molecule has 1 N–H and O–H groups in total. The zero-order chi connectivity index (χ0) is 17.1. The number of carbonyl (C=O) groups is 2. The molecule has 0 bridgehead atoms. The highest BCUT2D eigenvalue weighted by atomic mass is 16.7. The zero-order valence-electron chi connectivity index (χ0n) is 14.7. The van der Waals surface area contributed by atoms with Gasteiger partial charge in [-0.25, -0.2) is 4.79 Å². The first-order valence-corrected chi connectivity index (χ1v) is 9.48. The largest absolute Gasteiger partial charge is 0.506 e. The third-order valence-corrected chi connectivity index (χ3v) is 8.12. The molecule has 0 aromatic rings. The number of carbonyl (C=O) groups excluding carboxylic acids is 1. The molecule has 4 heteroatoms. The van der Waals surface area contributed by atoms with Crippen molar-refractivity contribution in [1.29, 1.82) is 0 Å². The van der Waals surface area contributed by atoms with E-state index in [0.29, 0.717) is 30.0 Å². The standard InChI is InChI=1S/C20H28O4/c1-19-9-7-13(21)11-12(19)3-4-14-15-5-6-17(24-18(22)23)20(15,2)10-8-16(14)19/h11,14-17H,3-10H2,1-2H3,(H,22,23)/t14-,15?,16?,17-,19-,20-/m1/s1. The van der Waals surface area contributed by atoms with E-state index in [2.05, 4.69) is 13.8 Å². The van der Waals surface area contributed by atoms with E-state index in [1.165, 1.54) is 5.57 Å². The number of ketones is 1. The molecule has 0 aliphatic heterocycles. The van der Waals surface area contributed by atoms with Crippen molar-refractivity contribution in [2.75, 3.05) is 0 Å². The van der Waals surface area contributed by atoms with Gasteiger partial charge in [0.1, 0.15) is 6.10 Å². The van der Waals surface area contributed by atoms with E-state index in [4.69, 9.17) is 9.84 Å². The van der Waals surface area contributed by atoms with Crippen LogP contribution in [0.3, 0.4) is 0 Å². The fourth-order valence-electron chi connectivity index (χ4n) is 6.83. The summed E-state index contributed by atoms with van der Waals surface area (Å²) in [6.45, 7) is 4.64. The highest BCUT2D eigenvalue weighted by molar-refractivity contribution is 5.91. The Morgan fingerprint density at radius 1 is 1.12 bits per heavy atom. The molecule has 4 nitrogen and oxygen atoms in total. The molecular formula is C20H28O4. The molecule has 0 heterocycles. The normalized spacial score (nSPS) is 47.2. The summed E-state index contributed by atoms with van der Waals surface area (Å²) >= 11 is 0. The Kier molecular flexibility index (Phi) is 3.59. The van der Waals surface area contributed by atoms with Gasteiger partial charge in [0.2, 0.25) is 0 Å². The highest BCUT2D eigenvalue weighted by Crippen LogP contribution is 2.65. The van der Waals surface area contributed by atoms with E-state index < -0.39 is 6.16 Å². The van der Waals surface area contributed by atoms with Crippen LogP contribution in [0, 0.1) is 28.6 Å². The lowest BCUT2D eigenvalue weighted by atomic mass is 9.47. The summed E-state index contributed by atoms with van der Waals surface area (Å²) in [4.78, 5) is 22.9. The Bertz CT molecular complexity index is 609. The van der Waals surface area contributed by atoms with Gasteiger partial charge >= 0.3 is 6.16 Å². The fourth-order valence-corrected chi connectivity index (χ4v) is 6.83. The van der Waals surface area contributed by atoms with Crippen LogP contribution >= 0.6 is 0 Å². The first-order valence-electron chi connectivity index (χ1n) is 9.48. The van der Waals surface area contributed by atoms with Crippen molar-refractivity contribution in [2.24, 2.45) is 28.6 Å². The summed E-state index contributed by atoms with van der Waals surface area (Å²) in [5.74, 6) is 2.17. The van der Waals surface area contributed by atoms with Crippen LogP contribution in [0.5, 0.6) is 0 Å². The molecule has 4 aliphatic rings. The first kappa shape index (κ1) is 16.2. The second-order valence-corrected chi connectivity index (χ2v) is 8.96. The van der Waals surface area contributed by atoms with Gasteiger partial charge in [0, 0.05) is 11.8 Å². The van der Waals surface area contributed by atoms with Gasteiger partial charge in [-0.05, 0) is 74.2 Å². The van der Waals surface area contributed by atoms with Gasteiger partial charge in [0.05, 0.1) is 0 Å². The van der Waals surface area contributed by atoms with Crippen molar-refractivity contribution in [2.45, 2.75) is 71.3 Å². The van der Waals surface area contributed by atoms with Crippen LogP contribution in [-0.2, 0) is 9.53 Å². The average molecular weight is 332 g/mol. The van der Waals surface area contributed by atoms with Crippen LogP contribution < -0.4 is 0 Å². The van der Waals surface area contributed by atoms with Crippen molar-refractivity contribution in [3.63, 3.8) is 0 Å². The molecule has 0 spiro atoms. The van der Waals surface area contributed by atoms with Crippen LogP contribution in [0.25, 0.3) is 0 Å². The molecule has 0 amide bonds. The summed E-state index contributed by atoms with van der Waals surface area (Å²) in [7, 11) is 0. The Morgan fingerprint density at radius 3 is 2.67 bits per heavy atom. The fraction of sp³-hybridized carbons (Fsp3) is 0.800. The predicted octanol–water partition coefficient (Wildman–Crippen LogP) is 4.58. The Labute approximate surface area is 143 Å². The van der Waals surface area contributed by atoms with Gasteiger partial charge in [-0.15, -0.1) is 0 Å². The Balaban J connectivity index is 1.62. The third-order valence-electron chi connectivity index (χ3n) is 8.12. The molecular weight excluding hydrogens is 304 g/mol. The van der Waals surface area contributed by atoms with Crippen molar-refractivity contribution < 1.29 is 19.4 Å². The molecule has 0 radical (unpaired) electrons. The van der Waals surface area contributed by atoms with Crippen LogP contribution in [0.2, 0.25) is 0 Å². The maximum atomic E-state index is 11.9. The number of ether oxygens (including phenoxy) is 1. The van der Waals surface area contributed by atoms with Crippen molar-refractivity contribution in [3.8, 4) is 0 Å². The van der Waals surface area contributed by atoms with E-state index in [1.807, 2.05) is 6.08 Å². The summed E-state index contributed by atoms with van der Waals surface area (Å²) in [6, 6.07) is 0. The van der Waals surface area contributed by atoms with Crippen molar-refractivity contribution >= 4 is 11.9 Å². The molecule has 132 valence electrons. The Hall–Kier alpha value is -1.32. The van der Waals surface area contributed by atoms with Crippen molar-refractivity contribution in [3.05, 3.63) is 11.6 Å². The van der Waals surface area contributed by atoms with Crippen LogP contribution in [0.15, 0.2) is 11.6 Å². The second-order valence-electron chi connectivity index (χ2n) is 8.96. The molecule has 2 unspecified atom stereocenters. The predicted molar refractivity (Wildman–Crippen MR) is 89.6 cm³/mol. The van der Waals surface area contributed by atoms with Crippen LogP contribution in [-0.4, -0.2) is 23.1 Å². The molecule has 0 aromatic carbocycles. The van der Waals surface area contributed by atoms with E-state index in [1.54, 1.807) is 0 Å². The number of hydrogen-bond donors (Lipinski definition) is 1. The molecule has 3 saturated carbocycles. The average Bonchev–Trinajstić information content (AvgIpc) is 2.84.